The predicted octanol–water partition coefficient (Wildman–Crippen LogP) is 4.05. The number of hydrogen-bond donors (Lipinski definition) is 1. The summed E-state index contributed by atoms with van der Waals surface area (Å²) in [5.74, 6) is -0.534. The summed E-state index contributed by atoms with van der Waals surface area (Å²) in [6, 6.07) is 8.56. The molecule has 0 heterocycles. The number of ether oxygens (including phenoxy) is 2. The molecule has 0 unspecified atom stereocenters. The lowest BCUT2D eigenvalue weighted by atomic mass is 10.3. The molecule has 0 aliphatic heterocycles. The van der Waals surface area contributed by atoms with Crippen LogP contribution in [0.4, 0.5) is 18.9 Å². The highest BCUT2D eigenvalue weighted by molar-refractivity contribution is 7.92. The number of sulfonamides is 1. The summed E-state index contributed by atoms with van der Waals surface area (Å²) in [6.07, 6.45) is -5.03. The Bertz CT molecular complexity index is 840. The van der Waals surface area contributed by atoms with Gasteiger partial charge in [0.2, 0.25) is 0 Å². The number of anilines is 1. The number of rotatable bonds is 5. The monoisotopic (exact) mass is 381 g/mol. The van der Waals surface area contributed by atoms with E-state index in [1.807, 2.05) is 0 Å². The van der Waals surface area contributed by atoms with Crippen LogP contribution in [0.15, 0.2) is 47.4 Å². The first kappa shape index (κ1) is 18.2. The van der Waals surface area contributed by atoms with Crippen LogP contribution >= 0.6 is 11.6 Å². The third kappa shape index (κ3) is 4.45. The van der Waals surface area contributed by atoms with Crippen LogP contribution in [0.5, 0.6) is 11.5 Å². The van der Waals surface area contributed by atoms with E-state index in [0.717, 1.165) is 12.1 Å². The van der Waals surface area contributed by atoms with Crippen LogP contribution < -0.4 is 14.2 Å². The smallest absolute Gasteiger partial charge is 0.497 e. The highest BCUT2D eigenvalue weighted by Gasteiger charge is 2.34. The Morgan fingerprint density at radius 1 is 1.12 bits per heavy atom. The average molecular weight is 382 g/mol. The second kappa shape index (κ2) is 6.78. The molecule has 2 aromatic rings. The molecule has 0 aliphatic carbocycles. The van der Waals surface area contributed by atoms with Crippen LogP contribution in [0.2, 0.25) is 5.02 Å². The fourth-order valence-electron chi connectivity index (χ4n) is 1.79. The molecule has 0 saturated carbocycles. The van der Waals surface area contributed by atoms with Gasteiger partial charge in [-0.3, -0.25) is 4.72 Å². The number of para-hydroxylation sites is 1. The predicted molar refractivity (Wildman–Crippen MR) is 81.9 cm³/mol. The summed E-state index contributed by atoms with van der Waals surface area (Å²) in [4.78, 5) is -0.679. The van der Waals surface area contributed by atoms with Crippen LogP contribution in [-0.2, 0) is 10.0 Å². The van der Waals surface area contributed by atoms with Crippen molar-refractivity contribution in [2.24, 2.45) is 0 Å². The zero-order chi connectivity index (χ0) is 18.0. The summed E-state index contributed by atoms with van der Waals surface area (Å²) in [7, 11) is -3.01. The van der Waals surface area contributed by atoms with E-state index in [9.17, 15) is 21.6 Å². The lowest BCUT2D eigenvalue weighted by molar-refractivity contribution is -0.275. The second-order valence-corrected chi connectivity index (χ2v) is 6.50. The Kier molecular flexibility index (Phi) is 5.14. The van der Waals surface area contributed by atoms with E-state index in [1.165, 1.54) is 37.4 Å². The number of methoxy groups -OCH3 is 1. The van der Waals surface area contributed by atoms with Gasteiger partial charge < -0.3 is 9.47 Å². The molecule has 0 aliphatic rings. The van der Waals surface area contributed by atoms with Gasteiger partial charge in [-0.05, 0) is 24.3 Å². The van der Waals surface area contributed by atoms with Gasteiger partial charge in [0.15, 0.2) is 0 Å². The highest BCUT2D eigenvalue weighted by Crippen LogP contribution is 2.33. The van der Waals surface area contributed by atoms with Crippen molar-refractivity contribution in [2.75, 3.05) is 11.8 Å². The van der Waals surface area contributed by atoms with Crippen LogP contribution in [-0.4, -0.2) is 21.9 Å². The molecule has 1 N–H and O–H groups in total. The summed E-state index contributed by atoms with van der Waals surface area (Å²) in [5.41, 5.74) is -0.0437. The lowest BCUT2D eigenvalue weighted by Crippen LogP contribution is -2.21. The van der Waals surface area contributed by atoms with E-state index in [4.69, 9.17) is 16.3 Å². The number of hydrogen-bond acceptors (Lipinski definition) is 4. The van der Waals surface area contributed by atoms with Gasteiger partial charge in [0, 0.05) is 6.07 Å². The van der Waals surface area contributed by atoms with Gasteiger partial charge in [-0.15, -0.1) is 13.2 Å². The Balaban J connectivity index is 2.42. The number of benzene rings is 2. The highest BCUT2D eigenvalue weighted by atomic mass is 35.5. The van der Waals surface area contributed by atoms with Crippen LogP contribution in [0.3, 0.4) is 0 Å². The molecule has 2 aromatic carbocycles. The third-order valence-corrected chi connectivity index (χ3v) is 4.52. The van der Waals surface area contributed by atoms with Gasteiger partial charge in [-0.25, -0.2) is 8.42 Å². The van der Waals surface area contributed by atoms with Gasteiger partial charge in [0.25, 0.3) is 10.0 Å². The van der Waals surface area contributed by atoms with E-state index in [0.29, 0.717) is 5.75 Å². The molecule has 24 heavy (non-hydrogen) atoms. The summed E-state index contributed by atoms with van der Waals surface area (Å²) < 4.78 is 72.9. The quantitative estimate of drug-likeness (QED) is 0.848. The van der Waals surface area contributed by atoms with Crippen molar-refractivity contribution in [2.45, 2.75) is 11.3 Å². The van der Waals surface area contributed by atoms with Crippen molar-refractivity contribution in [3.05, 3.63) is 47.5 Å². The first-order valence-corrected chi connectivity index (χ1v) is 8.19. The Labute approximate surface area is 141 Å². The van der Waals surface area contributed by atoms with Crippen LogP contribution in [0.1, 0.15) is 0 Å². The fourth-order valence-corrected chi connectivity index (χ4v) is 3.21. The normalized spacial score (nSPS) is 11.9. The molecule has 0 bridgehead atoms. The SMILES string of the molecule is COc1ccc(Cl)c(NS(=O)(=O)c2ccccc2OC(F)(F)F)c1. The summed E-state index contributed by atoms with van der Waals surface area (Å²) in [6.45, 7) is 0. The molecule has 0 fully saturated rings. The maximum Gasteiger partial charge on any atom is 0.573 e. The molecule has 2 rings (SSSR count). The van der Waals surface area contributed by atoms with Crippen molar-refractivity contribution < 1.29 is 31.1 Å². The number of halogens is 4. The third-order valence-electron chi connectivity index (χ3n) is 2.78. The van der Waals surface area contributed by atoms with Gasteiger partial charge in [-0.1, -0.05) is 23.7 Å². The van der Waals surface area contributed by atoms with E-state index >= 15 is 0 Å². The van der Waals surface area contributed by atoms with Gasteiger partial charge in [-0.2, -0.15) is 0 Å². The van der Waals surface area contributed by atoms with Crippen molar-refractivity contribution in [3.63, 3.8) is 0 Å². The van der Waals surface area contributed by atoms with Gasteiger partial charge in [0.1, 0.15) is 16.4 Å². The zero-order valence-corrected chi connectivity index (χ0v) is 13.7. The molecule has 0 atom stereocenters. The van der Waals surface area contributed by atoms with E-state index in [1.54, 1.807) is 0 Å². The minimum absolute atomic E-state index is 0.0437. The standard InChI is InChI=1S/C14H11ClF3NO4S/c1-22-9-6-7-10(15)11(8-9)19-24(20,21)13-5-3-2-4-12(13)23-14(16,17)18/h2-8,19H,1H3. The van der Waals surface area contributed by atoms with Crippen molar-refractivity contribution >= 4 is 27.3 Å². The minimum Gasteiger partial charge on any atom is -0.497 e. The van der Waals surface area contributed by atoms with Crippen LogP contribution in [0.25, 0.3) is 0 Å². The van der Waals surface area contributed by atoms with E-state index < -0.39 is 27.0 Å². The topological polar surface area (TPSA) is 64.6 Å². The number of alkyl halides is 3. The lowest BCUT2D eigenvalue weighted by Gasteiger charge is -2.15. The van der Waals surface area contributed by atoms with Crippen molar-refractivity contribution in [3.8, 4) is 11.5 Å². The molecular weight excluding hydrogens is 371 g/mol. The maximum absolute atomic E-state index is 12.4. The molecule has 0 saturated heterocycles. The Morgan fingerprint density at radius 2 is 1.79 bits per heavy atom. The van der Waals surface area contributed by atoms with Crippen molar-refractivity contribution in [1.29, 1.82) is 0 Å². The Hall–Kier alpha value is -2.13. The molecular formula is C14H11ClF3NO4S. The first-order chi connectivity index (χ1) is 11.1. The average Bonchev–Trinajstić information content (AvgIpc) is 2.48. The molecule has 0 amide bonds. The maximum atomic E-state index is 12.4. The first-order valence-electron chi connectivity index (χ1n) is 6.33. The summed E-state index contributed by atoms with van der Waals surface area (Å²) in [5, 5.41) is 0.0496. The fraction of sp³-hybridized carbons (Fsp3) is 0.143. The van der Waals surface area contributed by atoms with Crippen molar-refractivity contribution in [1.82, 2.24) is 0 Å². The number of nitrogens with one attached hydrogen (secondary N) is 1. The molecule has 130 valence electrons. The molecule has 0 aromatic heterocycles. The Morgan fingerprint density at radius 3 is 2.42 bits per heavy atom. The zero-order valence-electron chi connectivity index (χ0n) is 12.1. The molecule has 0 radical (unpaired) electrons. The van der Waals surface area contributed by atoms with E-state index in [2.05, 4.69) is 9.46 Å². The minimum atomic E-state index is -5.03. The van der Waals surface area contributed by atoms with Crippen LogP contribution in [0, 0.1) is 0 Å². The molecule has 0 spiro atoms. The van der Waals surface area contributed by atoms with E-state index in [-0.39, 0.29) is 10.7 Å². The molecule has 5 nitrogen and oxygen atoms in total. The second-order valence-electron chi connectivity index (χ2n) is 4.45. The van der Waals surface area contributed by atoms with Gasteiger partial charge >= 0.3 is 6.36 Å². The molecule has 10 heteroatoms. The van der Waals surface area contributed by atoms with Gasteiger partial charge in [0.05, 0.1) is 17.8 Å². The largest absolute Gasteiger partial charge is 0.573 e. The summed E-state index contributed by atoms with van der Waals surface area (Å²) >= 11 is 5.90.